The fraction of sp³-hybridized carbons (Fsp3) is 0.625. The quantitative estimate of drug-likeness (QED) is 0.895. The number of rotatable bonds is 5. The fourth-order valence-corrected chi connectivity index (χ4v) is 3.56. The third kappa shape index (κ3) is 3.02. The normalized spacial score (nSPS) is 26.9. The Balaban J connectivity index is 1.82. The van der Waals surface area contributed by atoms with Crippen LogP contribution in [0.3, 0.4) is 0 Å². The van der Waals surface area contributed by atoms with Crippen molar-refractivity contribution in [3.05, 3.63) is 28.2 Å². The van der Waals surface area contributed by atoms with E-state index in [0.29, 0.717) is 12.0 Å². The lowest BCUT2D eigenvalue weighted by atomic mass is 9.99. The molecule has 3 nitrogen and oxygen atoms in total. The van der Waals surface area contributed by atoms with Crippen molar-refractivity contribution in [2.24, 2.45) is 17.6 Å². The van der Waals surface area contributed by atoms with Gasteiger partial charge in [0.25, 0.3) is 0 Å². The second-order valence-electron chi connectivity index (χ2n) is 6.21. The number of hydrogen-bond acceptors (Lipinski definition) is 3. The van der Waals surface area contributed by atoms with Gasteiger partial charge in [-0.05, 0) is 66.7 Å². The monoisotopic (exact) mass is 338 g/mol. The Kier molecular flexibility index (Phi) is 4.34. The highest BCUT2D eigenvalue weighted by Gasteiger charge is 2.32. The Morgan fingerprint density at radius 1 is 1.35 bits per heavy atom. The summed E-state index contributed by atoms with van der Waals surface area (Å²) in [6.45, 7) is 2.70. The Morgan fingerprint density at radius 3 is 2.80 bits per heavy atom. The molecular weight excluding hydrogens is 316 g/mol. The molecule has 2 atom stereocenters. The highest BCUT2D eigenvalue weighted by Crippen LogP contribution is 2.42. The number of hydrogen-bond donors (Lipinski definition) is 1. The van der Waals surface area contributed by atoms with Crippen LogP contribution in [0.4, 0.5) is 0 Å². The zero-order chi connectivity index (χ0) is 14.1. The molecule has 1 saturated heterocycles. The molecule has 1 aliphatic heterocycles. The largest absolute Gasteiger partial charge is 0.492 e. The van der Waals surface area contributed by atoms with Gasteiger partial charge < -0.3 is 10.5 Å². The fourth-order valence-electron chi connectivity index (χ4n) is 3.07. The Morgan fingerprint density at radius 2 is 2.15 bits per heavy atom. The zero-order valence-electron chi connectivity index (χ0n) is 12.0. The molecule has 1 heterocycles. The third-order valence-corrected chi connectivity index (χ3v) is 5.11. The molecule has 0 spiro atoms. The van der Waals surface area contributed by atoms with E-state index in [1.165, 1.54) is 18.4 Å². The summed E-state index contributed by atoms with van der Waals surface area (Å²) in [5, 5.41) is 0. The molecule has 2 fully saturated rings. The van der Waals surface area contributed by atoms with Crippen LogP contribution in [0.15, 0.2) is 22.7 Å². The highest BCUT2D eigenvalue weighted by molar-refractivity contribution is 9.10. The summed E-state index contributed by atoms with van der Waals surface area (Å²) >= 11 is 3.65. The minimum Gasteiger partial charge on any atom is -0.492 e. The van der Waals surface area contributed by atoms with Gasteiger partial charge in [0.15, 0.2) is 0 Å². The van der Waals surface area contributed by atoms with Gasteiger partial charge in [0.05, 0.1) is 11.1 Å². The second-order valence-corrected chi connectivity index (χ2v) is 7.06. The number of likely N-dealkylation sites (tertiary alicyclic amines) is 1. The summed E-state index contributed by atoms with van der Waals surface area (Å²) in [6.07, 6.45) is 3.76. The number of nitrogens with two attached hydrogens (primary N) is 1. The number of halogens is 1. The van der Waals surface area contributed by atoms with Crippen LogP contribution < -0.4 is 10.5 Å². The maximum atomic E-state index is 6.12. The molecule has 20 heavy (non-hydrogen) atoms. The number of ether oxygens (including phenoxy) is 1. The first-order valence-corrected chi connectivity index (χ1v) is 8.30. The van der Waals surface area contributed by atoms with Gasteiger partial charge in [-0.3, -0.25) is 4.90 Å². The molecule has 1 aromatic carbocycles. The zero-order valence-corrected chi connectivity index (χ0v) is 13.6. The van der Waals surface area contributed by atoms with Crippen LogP contribution in [0.5, 0.6) is 5.75 Å². The molecule has 1 saturated carbocycles. The molecule has 2 aliphatic rings. The molecule has 3 rings (SSSR count). The third-order valence-electron chi connectivity index (χ3n) is 4.48. The first kappa shape index (κ1) is 14.4. The molecule has 2 N–H and O–H groups in total. The summed E-state index contributed by atoms with van der Waals surface area (Å²) in [4.78, 5) is 2.41. The van der Waals surface area contributed by atoms with Crippen LogP contribution in [0.25, 0.3) is 0 Å². The Hall–Kier alpha value is -0.580. The number of nitrogens with zero attached hydrogens (tertiary/aromatic N) is 1. The lowest BCUT2D eigenvalue weighted by Crippen LogP contribution is -2.21. The SMILES string of the molecule is CN1CC(CN)CC1c1cccc(Br)c1OCC1CC1. The highest BCUT2D eigenvalue weighted by atomic mass is 79.9. The summed E-state index contributed by atoms with van der Waals surface area (Å²) in [5.41, 5.74) is 7.15. The molecule has 2 unspecified atom stereocenters. The standard InChI is InChI=1S/C16H23BrN2O/c1-19-9-12(8-18)7-15(19)13-3-2-4-14(17)16(13)20-10-11-5-6-11/h2-4,11-12,15H,5-10,18H2,1H3. The summed E-state index contributed by atoms with van der Waals surface area (Å²) in [7, 11) is 2.19. The number of benzene rings is 1. The van der Waals surface area contributed by atoms with Crippen LogP contribution in [-0.2, 0) is 0 Å². The number of para-hydroxylation sites is 1. The second kappa shape index (κ2) is 6.04. The van der Waals surface area contributed by atoms with E-state index >= 15 is 0 Å². The van der Waals surface area contributed by atoms with Gasteiger partial charge in [0, 0.05) is 18.2 Å². The lowest BCUT2D eigenvalue weighted by Gasteiger charge is -2.23. The van der Waals surface area contributed by atoms with Crippen LogP contribution in [0, 0.1) is 11.8 Å². The molecule has 1 aromatic rings. The minimum absolute atomic E-state index is 0.426. The van der Waals surface area contributed by atoms with E-state index in [1.54, 1.807) is 0 Å². The van der Waals surface area contributed by atoms with E-state index in [-0.39, 0.29) is 0 Å². The van der Waals surface area contributed by atoms with E-state index in [4.69, 9.17) is 10.5 Å². The van der Waals surface area contributed by atoms with Crippen molar-refractivity contribution < 1.29 is 4.74 Å². The first-order valence-electron chi connectivity index (χ1n) is 7.50. The molecule has 1 aliphatic carbocycles. The van der Waals surface area contributed by atoms with E-state index in [9.17, 15) is 0 Å². The van der Waals surface area contributed by atoms with Crippen LogP contribution >= 0.6 is 15.9 Å². The van der Waals surface area contributed by atoms with Crippen LogP contribution in [-0.4, -0.2) is 31.6 Å². The molecule has 0 amide bonds. The van der Waals surface area contributed by atoms with Crippen LogP contribution in [0.2, 0.25) is 0 Å². The maximum Gasteiger partial charge on any atom is 0.138 e. The van der Waals surface area contributed by atoms with Crippen molar-refractivity contribution in [1.29, 1.82) is 0 Å². The molecule has 110 valence electrons. The molecule has 4 heteroatoms. The topological polar surface area (TPSA) is 38.5 Å². The van der Waals surface area contributed by atoms with Crippen molar-refractivity contribution in [2.45, 2.75) is 25.3 Å². The van der Waals surface area contributed by atoms with Crippen molar-refractivity contribution >= 4 is 15.9 Å². The van der Waals surface area contributed by atoms with Gasteiger partial charge in [-0.2, -0.15) is 0 Å². The summed E-state index contributed by atoms with van der Waals surface area (Å²) in [6, 6.07) is 6.80. The predicted octanol–water partition coefficient (Wildman–Crippen LogP) is 3.19. The Labute approximate surface area is 129 Å². The average molecular weight is 339 g/mol. The van der Waals surface area contributed by atoms with Gasteiger partial charge in [-0.25, -0.2) is 0 Å². The first-order chi connectivity index (χ1) is 9.69. The van der Waals surface area contributed by atoms with Gasteiger partial charge in [0.2, 0.25) is 0 Å². The van der Waals surface area contributed by atoms with Crippen molar-refractivity contribution in [2.75, 3.05) is 26.7 Å². The van der Waals surface area contributed by atoms with Crippen molar-refractivity contribution in [3.8, 4) is 5.75 Å². The summed E-state index contributed by atoms with van der Waals surface area (Å²) < 4.78 is 7.19. The van der Waals surface area contributed by atoms with Crippen molar-refractivity contribution in [1.82, 2.24) is 4.90 Å². The van der Waals surface area contributed by atoms with Crippen molar-refractivity contribution in [3.63, 3.8) is 0 Å². The van der Waals surface area contributed by atoms with Crippen LogP contribution in [0.1, 0.15) is 30.9 Å². The lowest BCUT2D eigenvalue weighted by molar-refractivity contribution is 0.272. The van der Waals surface area contributed by atoms with E-state index < -0.39 is 0 Å². The molecule has 0 bridgehead atoms. The molecule has 0 radical (unpaired) electrons. The molecule has 0 aromatic heterocycles. The van der Waals surface area contributed by atoms with E-state index in [0.717, 1.165) is 42.3 Å². The van der Waals surface area contributed by atoms with Gasteiger partial charge in [-0.15, -0.1) is 0 Å². The molecular formula is C16H23BrN2O. The Bertz CT molecular complexity index is 476. The summed E-state index contributed by atoms with van der Waals surface area (Å²) in [5.74, 6) is 2.40. The van der Waals surface area contributed by atoms with E-state index in [1.807, 2.05) is 0 Å². The van der Waals surface area contributed by atoms with E-state index in [2.05, 4.69) is 46.1 Å². The average Bonchev–Trinajstić information content (AvgIpc) is 3.19. The minimum atomic E-state index is 0.426. The smallest absolute Gasteiger partial charge is 0.138 e. The maximum absolute atomic E-state index is 6.12. The van der Waals surface area contributed by atoms with Gasteiger partial charge in [0.1, 0.15) is 5.75 Å². The predicted molar refractivity (Wildman–Crippen MR) is 84.9 cm³/mol. The van der Waals surface area contributed by atoms with Gasteiger partial charge in [-0.1, -0.05) is 12.1 Å². The van der Waals surface area contributed by atoms with Gasteiger partial charge >= 0.3 is 0 Å².